The van der Waals surface area contributed by atoms with Gasteiger partial charge in [0.1, 0.15) is 18.3 Å². The molecule has 2 saturated heterocycles. The Morgan fingerprint density at radius 2 is 1.65 bits per heavy atom. The molecular weight excluding hydrogens is 514 g/mol. The number of pyridine rings is 1. The molecule has 0 aliphatic carbocycles. The third kappa shape index (κ3) is 4.97. The average Bonchev–Trinajstić information content (AvgIpc) is 3.55. The third-order valence-corrected chi connectivity index (χ3v) is 7.60. The van der Waals surface area contributed by atoms with Gasteiger partial charge in [0.25, 0.3) is 6.01 Å². The van der Waals surface area contributed by atoms with Crippen LogP contribution in [0.25, 0.3) is 33.5 Å². The normalized spacial score (nSPS) is 23.4. The molecule has 6 rings (SSSR count). The summed E-state index contributed by atoms with van der Waals surface area (Å²) in [4.78, 5) is 12.3. The Kier molecular flexibility index (Phi) is 6.21. The van der Waals surface area contributed by atoms with Crippen LogP contribution in [0.5, 0.6) is 6.01 Å². The number of hydrogen-bond donors (Lipinski definition) is 2. The highest BCUT2D eigenvalue weighted by molar-refractivity contribution is 8.00. The van der Waals surface area contributed by atoms with Crippen molar-refractivity contribution in [3.8, 4) is 28.4 Å². The number of rotatable bonds is 5. The van der Waals surface area contributed by atoms with E-state index in [1.165, 1.54) is 0 Å². The van der Waals surface area contributed by atoms with Crippen LogP contribution in [0, 0.1) is 0 Å². The number of benzene rings is 2. The molecule has 192 valence electrons. The highest BCUT2D eigenvalue weighted by Gasteiger charge is 2.48. The fraction of sp³-hybridized carbons (Fsp3) is 0.296. The van der Waals surface area contributed by atoms with Crippen LogP contribution in [0.3, 0.4) is 0 Å². The fourth-order valence-electron chi connectivity index (χ4n) is 4.74. The van der Waals surface area contributed by atoms with Gasteiger partial charge in [-0.15, -0.1) is 0 Å². The lowest BCUT2D eigenvalue weighted by atomic mass is 10.0. The lowest BCUT2D eigenvalue weighted by molar-refractivity contribution is 0.00706. The molecule has 2 aliphatic heterocycles. The Morgan fingerprint density at radius 1 is 1.00 bits per heavy atom. The van der Waals surface area contributed by atoms with Crippen LogP contribution < -0.4 is 4.74 Å². The minimum atomic E-state index is -1.95. The molecule has 0 amide bonds. The molecule has 0 saturated carbocycles. The number of halogens is 1. The Morgan fingerprint density at radius 3 is 2.35 bits per heavy atom. The van der Waals surface area contributed by atoms with E-state index in [1.807, 2.05) is 48.5 Å². The second kappa shape index (κ2) is 9.41. The van der Waals surface area contributed by atoms with Crippen molar-refractivity contribution in [1.29, 1.82) is 0 Å². The summed E-state index contributed by atoms with van der Waals surface area (Å²) in [6, 6.07) is 18.0. The first kappa shape index (κ1) is 24.4. The molecule has 0 spiro atoms. The number of fused-ring (bicyclic) bond motifs is 2. The van der Waals surface area contributed by atoms with Crippen LogP contribution in [0.1, 0.15) is 5.56 Å². The van der Waals surface area contributed by atoms with Gasteiger partial charge in [0.05, 0.1) is 29.4 Å². The quantitative estimate of drug-likeness (QED) is 0.374. The number of nitrogens with one attached hydrogen (secondary N) is 1. The number of aromatic amines is 1. The van der Waals surface area contributed by atoms with E-state index in [-0.39, 0.29) is 24.9 Å². The van der Waals surface area contributed by atoms with Crippen LogP contribution in [0.15, 0.2) is 54.6 Å². The number of imidazole rings is 1. The minimum absolute atomic E-state index is 0.235. The zero-order valence-corrected chi connectivity index (χ0v) is 21.8. The first-order valence-electron chi connectivity index (χ1n) is 11.9. The number of aliphatic hydroxyl groups is 1. The SMILES string of the molecule is CS(C)(=O)=Cc1ccc(-c2ccc(-c3nc4nc(OC5COC6C(O)COC56)[nH]c4cc3Cl)cc2)cc1. The molecule has 10 heteroatoms. The summed E-state index contributed by atoms with van der Waals surface area (Å²) < 4.78 is 29.2. The van der Waals surface area contributed by atoms with Crippen molar-refractivity contribution in [2.75, 3.05) is 25.7 Å². The molecule has 4 unspecified atom stereocenters. The third-order valence-electron chi connectivity index (χ3n) is 6.47. The van der Waals surface area contributed by atoms with Crippen LogP contribution in [0.4, 0.5) is 0 Å². The maximum atomic E-state index is 12.0. The van der Waals surface area contributed by atoms with Crippen molar-refractivity contribution in [3.63, 3.8) is 0 Å². The summed E-state index contributed by atoms with van der Waals surface area (Å²) in [5.74, 6) is 0. The molecule has 2 aromatic heterocycles. The zero-order valence-electron chi connectivity index (χ0n) is 20.3. The molecule has 4 atom stereocenters. The van der Waals surface area contributed by atoms with Crippen molar-refractivity contribution < 1.29 is 23.5 Å². The van der Waals surface area contributed by atoms with Gasteiger partial charge in [0.2, 0.25) is 0 Å². The predicted octanol–water partition coefficient (Wildman–Crippen LogP) is 3.55. The van der Waals surface area contributed by atoms with Gasteiger partial charge in [0, 0.05) is 18.1 Å². The molecule has 37 heavy (non-hydrogen) atoms. The Labute approximate surface area is 219 Å². The lowest BCUT2D eigenvalue weighted by Crippen LogP contribution is -2.34. The largest absolute Gasteiger partial charge is 0.456 e. The van der Waals surface area contributed by atoms with Crippen molar-refractivity contribution in [3.05, 3.63) is 65.2 Å². The summed E-state index contributed by atoms with van der Waals surface area (Å²) in [6.07, 6.45) is 1.73. The summed E-state index contributed by atoms with van der Waals surface area (Å²) >= 11 is 6.59. The second-order valence-electron chi connectivity index (χ2n) is 9.68. The molecule has 4 heterocycles. The van der Waals surface area contributed by atoms with Crippen molar-refractivity contribution in [2.45, 2.75) is 24.4 Å². The topological polar surface area (TPSA) is 107 Å². The van der Waals surface area contributed by atoms with Gasteiger partial charge in [-0.2, -0.15) is 4.98 Å². The number of ether oxygens (including phenoxy) is 3. The Balaban J connectivity index is 1.22. The Bertz CT molecular complexity index is 1570. The zero-order chi connectivity index (χ0) is 25.7. The fourth-order valence-corrected chi connectivity index (χ4v) is 5.82. The van der Waals surface area contributed by atoms with E-state index in [0.717, 1.165) is 22.3 Å². The number of aliphatic hydroxyl groups excluding tert-OH is 1. The molecule has 0 bridgehead atoms. The van der Waals surface area contributed by atoms with Crippen LogP contribution in [0.2, 0.25) is 5.02 Å². The van der Waals surface area contributed by atoms with E-state index < -0.39 is 15.6 Å². The highest BCUT2D eigenvalue weighted by atomic mass is 35.5. The van der Waals surface area contributed by atoms with Crippen LogP contribution in [-0.4, -0.2) is 79.8 Å². The molecule has 2 fully saturated rings. The molecule has 2 aliphatic rings. The summed E-state index contributed by atoms with van der Waals surface area (Å²) in [6.45, 7) is 0.549. The van der Waals surface area contributed by atoms with E-state index in [9.17, 15) is 9.32 Å². The summed E-state index contributed by atoms with van der Waals surface area (Å²) in [5.41, 5.74) is 5.67. The van der Waals surface area contributed by atoms with Gasteiger partial charge in [0.15, 0.2) is 11.8 Å². The standard InChI is InChI=1S/C27H26ClN3O5S/c1-37(2,33)14-15-3-5-16(6-4-15)17-7-9-18(10-8-17)23-19(28)11-20-26(30-23)31-27(29-20)36-22-13-35-24-21(32)12-34-25(22)24/h3-11,14,21-22,24-25,32H,12-13H2,1-2H3,(H,29,30,31). The average molecular weight is 540 g/mol. The second-order valence-corrected chi connectivity index (χ2v) is 12.9. The van der Waals surface area contributed by atoms with E-state index in [4.69, 9.17) is 25.8 Å². The van der Waals surface area contributed by atoms with Crippen LogP contribution in [-0.2, 0) is 19.0 Å². The van der Waals surface area contributed by atoms with Gasteiger partial charge < -0.3 is 24.3 Å². The molecule has 2 N–H and O–H groups in total. The number of nitrogens with zero attached hydrogens (tertiary/aromatic N) is 2. The smallest absolute Gasteiger partial charge is 0.296 e. The lowest BCUT2D eigenvalue weighted by Gasteiger charge is -2.15. The molecule has 0 radical (unpaired) electrons. The van der Waals surface area contributed by atoms with Gasteiger partial charge in [-0.1, -0.05) is 60.1 Å². The van der Waals surface area contributed by atoms with Crippen molar-refractivity contribution in [1.82, 2.24) is 15.0 Å². The van der Waals surface area contributed by atoms with E-state index in [2.05, 4.69) is 15.0 Å². The van der Waals surface area contributed by atoms with E-state index >= 15 is 0 Å². The van der Waals surface area contributed by atoms with Gasteiger partial charge in [-0.25, -0.2) is 4.98 Å². The van der Waals surface area contributed by atoms with Crippen molar-refractivity contribution >= 4 is 37.7 Å². The summed E-state index contributed by atoms with van der Waals surface area (Å²) in [5, 5.41) is 12.2. The molecule has 2 aromatic carbocycles. The molecule has 4 aromatic rings. The maximum Gasteiger partial charge on any atom is 0.296 e. The molecular formula is C27H26ClN3O5S. The molecule has 8 nitrogen and oxygen atoms in total. The van der Waals surface area contributed by atoms with Gasteiger partial charge in [-0.3, -0.25) is 4.21 Å². The van der Waals surface area contributed by atoms with Crippen molar-refractivity contribution in [2.24, 2.45) is 0 Å². The first-order valence-corrected chi connectivity index (χ1v) is 14.7. The monoisotopic (exact) mass is 539 g/mol. The maximum absolute atomic E-state index is 12.0. The number of aromatic nitrogens is 3. The van der Waals surface area contributed by atoms with E-state index in [1.54, 1.807) is 23.9 Å². The van der Waals surface area contributed by atoms with Gasteiger partial charge >= 0.3 is 0 Å². The van der Waals surface area contributed by atoms with Crippen LogP contribution >= 0.6 is 11.6 Å². The Hall–Kier alpha value is -2.95. The highest BCUT2D eigenvalue weighted by Crippen LogP contribution is 2.33. The predicted molar refractivity (Wildman–Crippen MR) is 145 cm³/mol. The first-order chi connectivity index (χ1) is 17.7. The van der Waals surface area contributed by atoms with Gasteiger partial charge in [-0.05, 0) is 37.6 Å². The number of hydrogen-bond acceptors (Lipinski definition) is 7. The number of H-pyrrole nitrogens is 1. The minimum Gasteiger partial charge on any atom is -0.456 e. The van der Waals surface area contributed by atoms with E-state index in [0.29, 0.717) is 34.5 Å². The summed E-state index contributed by atoms with van der Waals surface area (Å²) in [7, 11) is -1.95.